The lowest BCUT2D eigenvalue weighted by atomic mass is 10.0. The van der Waals surface area contributed by atoms with Crippen molar-refractivity contribution in [1.29, 1.82) is 0 Å². The lowest BCUT2D eigenvalue weighted by Gasteiger charge is -2.34. The Morgan fingerprint density at radius 2 is 1.59 bits per heavy atom. The zero-order valence-corrected chi connectivity index (χ0v) is 20.6. The first-order chi connectivity index (χ1) is 16.1. The molecule has 4 unspecified atom stereocenters. The maximum absolute atomic E-state index is 13.6. The standard InChI is InChI=1S/C27H35N3O4/c1-18-16-22(18)30(25(32)19(2)29-26(33)34-27(3,4)5)23(21-14-10-7-11-15-21)24(31)28-17-20-12-8-6-9-13-20/h6-15,18-19,22-23H,16-17H2,1-5H3,(H,28,31)(H,29,33). The summed E-state index contributed by atoms with van der Waals surface area (Å²) in [7, 11) is 0. The molecule has 0 radical (unpaired) electrons. The summed E-state index contributed by atoms with van der Waals surface area (Å²) in [5.74, 6) is -0.304. The zero-order valence-electron chi connectivity index (χ0n) is 20.6. The molecule has 0 spiro atoms. The Morgan fingerprint density at radius 1 is 1.03 bits per heavy atom. The molecule has 182 valence electrons. The van der Waals surface area contributed by atoms with E-state index in [9.17, 15) is 14.4 Å². The van der Waals surface area contributed by atoms with E-state index in [2.05, 4.69) is 17.6 Å². The summed E-state index contributed by atoms with van der Waals surface area (Å²) in [6.07, 6.45) is 0.141. The van der Waals surface area contributed by atoms with Crippen LogP contribution in [0.25, 0.3) is 0 Å². The molecule has 34 heavy (non-hydrogen) atoms. The molecule has 1 fully saturated rings. The average molecular weight is 466 g/mol. The number of benzene rings is 2. The number of alkyl carbamates (subject to hydrolysis) is 1. The van der Waals surface area contributed by atoms with E-state index in [0.29, 0.717) is 6.54 Å². The van der Waals surface area contributed by atoms with Crippen LogP contribution in [0.4, 0.5) is 4.79 Å². The van der Waals surface area contributed by atoms with Gasteiger partial charge in [-0.05, 0) is 51.2 Å². The molecule has 0 bridgehead atoms. The molecular formula is C27H35N3O4. The molecule has 4 atom stereocenters. The van der Waals surface area contributed by atoms with Crippen LogP contribution >= 0.6 is 0 Å². The van der Waals surface area contributed by atoms with Gasteiger partial charge in [-0.1, -0.05) is 67.6 Å². The smallest absolute Gasteiger partial charge is 0.408 e. The Hall–Kier alpha value is -3.35. The van der Waals surface area contributed by atoms with Gasteiger partial charge in [0.05, 0.1) is 0 Å². The molecule has 7 nitrogen and oxygen atoms in total. The average Bonchev–Trinajstić information content (AvgIpc) is 3.51. The van der Waals surface area contributed by atoms with Gasteiger partial charge in [-0.15, -0.1) is 0 Å². The largest absolute Gasteiger partial charge is 0.444 e. The van der Waals surface area contributed by atoms with Gasteiger partial charge in [-0.25, -0.2) is 4.79 Å². The fourth-order valence-corrected chi connectivity index (χ4v) is 3.90. The SMILES string of the molecule is CC(NC(=O)OC(C)(C)C)C(=O)N(C(C(=O)NCc1ccccc1)c1ccccc1)C1CC1C. The second-order valence-corrected chi connectivity index (χ2v) is 9.91. The molecule has 0 aliphatic heterocycles. The van der Waals surface area contributed by atoms with Crippen LogP contribution in [0, 0.1) is 5.92 Å². The van der Waals surface area contributed by atoms with Crippen molar-refractivity contribution < 1.29 is 19.1 Å². The maximum atomic E-state index is 13.6. The van der Waals surface area contributed by atoms with Crippen LogP contribution < -0.4 is 10.6 Å². The molecular weight excluding hydrogens is 430 g/mol. The normalized spacial score (nSPS) is 18.9. The van der Waals surface area contributed by atoms with E-state index in [-0.39, 0.29) is 23.8 Å². The van der Waals surface area contributed by atoms with Gasteiger partial charge in [0, 0.05) is 12.6 Å². The van der Waals surface area contributed by atoms with Crippen molar-refractivity contribution in [2.75, 3.05) is 0 Å². The van der Waals surface area contributed by atoms with Gasteiger partial charge in [0.25, 0.3) is 0 Å². The third-order valence-electron chi connectivity index (χ3n) is 5.73. The monoisotopic (exact) mass is 465 g/mol. The Bertz CT molecular complexity index is 988. The number of nitrogens with zero attached hydrogens (tertiary/aromatic N) is 1. The zero-order chi connectivity index (χ0) is 24.9. The van der Waals surface area contributed by atoms with Crippen molar-refractivity contribution in [2.24, 2.45) is 5.92 Å². The van der Waals surface area contributed by atoms with Gasteiger partial charge in [0.15, 0.2) is 0 Å². The number of rotatable bonds is 8. The van der Waals surface area contributed by atoms with Crippen LogP contribution in [0.3, 0.4) is 0 Å². The number of amides is 3. The van der Waals surface area contributed by atoms with Gasteiger partial charge in [0.1, 0.15) is 17.7 Å². The molecule has 0 aromatic heterocycles. The van der Waals surface area contributed by atoms with Crippen LogP contribution in [-0.4, -0.2) is 40.5 Å². The van der Waals surface area contributed by atoms with Gasteiger partial charge in [-0.2, -0.15) is 0 Å². The van der Waals surface area contributed by atoms with Crippen molar-refractivity contribution in [2.45, 2.75) is 71.3 Å². The number of carbonyl (C=O) groups excluding carboxylic acids is 3. The fourth-order valence-electron chi connectivity index (χ4n) is 3.90. The van der Waals surface area contributed by atoms with E-state index in [1.165, 1.54) is 0 Å². The first-order valence-corrected chi connectivity index (χ1v) is 11.7. The minimum atomic E-state index is -0.851. The van der Waals surface area contributed by atoms with E-state index in [1.807, 2.05) is 60.7 Å². The van der Waals surface area contributed by atoms with Crippen LogP contribution in [0.5, 0.6) is 0 Å². The quantitative estimate of drug-likeness (QED) is 0.612. The highest BCUT2D eigenvalue weighted by atomic mass is 16.6. The second kappa shape index (κ2) is 10.7. The lowest BCUT2D eigenvalue weighted by molar-refractivity contribution is -0.143. The summed E-state index contributed by atoms with van der Waals surface area (Å²) in [6, 6.07) is 17.2. The van der Waals surface area contributed by atoms with Crippen molar-refractivity contribution in [3.05, 3.63) is 71.8 Å². The van der Waals surface area contributed by atoms with Crippen LogP contribution in [0.1, 0.15) is 58.2 Å². The van der Waals surface area contributed by atoms with E-state index < -0.39 is 23.8 Å². The molecule has 1 aliphatic carbocycles. The van der Waals surface area contributed by atoms with Crippen LogP contribution in [0.2, 0.25) is 0 Å². The highest BCUT2D eigenvalue weighted by molar-refractivity contribution is 5.92. The van der Waals surface area contributed by atoms with Crippen molar-refractivity contribution in [3.8, 4) is 0 Å². The Labute approximate surface area is 201 Å². The first-order valence-electron chi connectivity index (χ1n) is 11.7. The topological polar surface area (TPSA) is 87.7 Å². The summed E-state index contributed by atoms with van der Waals surface area (Å²) in [4.78, 5) is 41.1. The Balaban J connectivity index is 1.84. The van der Waals surface area contributed by atoms with Gasteiger partial charge >= 0.3 is 6.09 Å². The Morgan fingerprint density at radius 3 is 2.12 bits per heavy atom. The van der Waals surface area contributed by atoms with Gasteiger partial charge < -0.3 is 20.3 Å². The predicted octanol–water partition coefficient (Wildman–Crippen LogP) is 4.19. The molecule has 0 heterocycles. The highest BCUT2D eigenvalue weighted by Crippen LogP contribution is 2.40. The third kappa shape index (κ3) is 6.83. The van der Waals surface area contributed by atoms with Crippen molar-refractivity contribution >= 4 is 17.9 Å². The number of carbonyl (C=O) groups is 3. The summed E-state index contributed by atoms with van der Waals surface area (Å²) in [5, 5.41) is 5.63. The molecule has 1 saturated carbocycles. The number of hydrogen-bond acceptors (Lipinski definition) is 4. The van der Waals surface area contributed by atoms with Crippen LogP contribution in [-0.2, 0) is 20.9 Å². The molecule has 2 aromatic carbocycles. The summed E-state index contributed by atoms with van der Waals surface area (Å²) in [5.41, 5.74) is 1.02. The summed E-state index contributed by atoms with van der Waals surface area (Å²) in [6.45, 7) is 9.33. The van der Waals surface area contributed by atoms with E-state index in [1.54, 1.807) is 32.6 Å². The highest BCUT2D eigenvalue weighted by Gasteiger charge is 2.47. The van der Waals surface area contributed by atoms with Crippen molar-refractivity contribution in [1.82, 2.24) is 15.5 Å². The first kappa shape index (κ1) is 25.3. The predicted molar refractivity (Wildman–Crippen MR) is 131 cm³/mol. The molecule has 2 N–H and O–H groups in total. The number of nitrogens with one attached hydrogen (secondary N) is 2. The van der Waals surface area contributed by atoms with Crippen LogP contribution in [0.15, 0.2) is 60.7 Å². The summed E-state index contributed by atoms with van der Waals surface area (Å²) < 4.78 is 5.32. The fraction of sp³-hybridized carbons (Fsp3) is 0.444. The Kier molecular flexibility index (Phi) is 7.97. The minimum Gasteiger partial charge on any atom is -0.444 e. The molecule has 2 aromatic rings. The number of ether oxygens (including phenoxy) is 1. The second-order valence-electron chi connectivity index (χ2n) is 9.91. The van der Waals surface area contributed by atoms with Gasteiger partial charge in [0.2, 0.25) is 11.8 Å². The molecule has 3 amide bonds. The minimum absolute atomic E-state index is 0.0805. The van der Waals surface area contributed by atoms with E-state index in [4.69, 9.17) is 4.74 Å². The number of hydrogen-bond donors (Lipinski definition) is 2. The molecule has 1 aliphatic rings. The van der Waals surface area contributed by atoms with Gasteiger partial charge in [-0.3, -0.25) is 9.59 Å². The molecule has 7 heteroatoms. The third-order valence-corrected chi connectivity index (χ3v) is 5.73. The summed E-state index contributed by atoms with van der Waals surface area (Å²) >= 11 is 0. The van der Waals surface area contributed by atoms with Crippen molar-refractivity contribution in [3.63, 3.8) is 0 Å². The molecule has 0 saturated heterocycles. The molecule has 3 rings (SSSR count). The van der Waals surface area contributed by atoms with E-state index >= 15 is 0 Å². The lowest BCUT2D eigenvalue weighted by Crippen LogP contribution is -2.53. The maximum Gasteiger partial charge on any atom is 0.408 e. The van der Waals surface area contributed by atoms with E-state index in [0.717, 1.165) is 17.5 Å².